The lowest BCUT2D eigenvalue weighted by atomic mass is 10.0. The molecule has 38 heavy (non-hydrogen) atoms. The maximum absolute atomic E-state index is 13.5. The fourth-order valence-corrected chi connectivity index (χ4v) is 4.81. The Morgan fingerprint density at radius 1 is 1.08 bits per heavy atom. The van der Waals surface area contributed by atoms with E-state index in [-0.39, 0.29) is 42.9 Å². The minimum Gasteiger partial charge on any atom is -0.491 e. The Labute approximate surface area is 224 Å². The van der Waals surface area contributed by atoms with Crippen LogP contribution in [0.15, 0.2) is 24.3 Å². The molecular formula is C27H41N5O6. The number of nitrogens with one attached hydrogen (secondary N) is 2. The van der Waals surface area contributed by atoms with E-state index in [0.717, 1.165) is 0 Å². The van der Waals surface area contributed by atoms with E-state index in [1.54, 1.807) is 34.1 Å². The Hall–Kier alpha value is -3.18. The van der Waals surface area contributed by atoms with E-state index in [1.807, 2.05) is 20.8 Å². The van der Waals surface area contributed by atoms with E-state index in [4.69, 9.17) is 4.74 Å². The smallest absolute Gasteiger partial charge is 0.255 e. The van der Waals surface area contributed by atoms with Gasteiger partial charge in [-0.3, -0.25) is 24.1 Å². The van der Waals surface area contributed by atoms with Crippen LogP contribution in [0.3, 0.4) is 0 Å². The quantitative estimate of drug-likeness (QED) is 0.474. The van der Waals surface area contributed by atoms with Gasteiger partial charge in [-0.15, -0.1) is 0 Å². The number of nitrogens with zero attached hydrogens (tertiary/aromatic N) is 3. The van der Waals surface area contributed by atoms with Crippen molar-refractivity contribution in [3.8, 4) is 5.75 Å². The number of likely N-dealkylation sites (N-methyl/N-ethyl adjacent to an activating group) is 1. The van der Waals surface area contributed by atoms with Gasteiger partial charge in [-0.2, -0.15) is 0 Å². The number of piperazine rings is 1. The SMILES string of the molecule is CCN1CCOc2ccccc2C(=O)N[C@H](C(=O)N2CCN(CCO)CC2)CC(=O)N[C@@H](CC(C)C)C1=O. The monoisotopic (exact) mass is 531 g/mol. The second-order valence-corrected chi connectivity index (χ2v) is 10.1. The van der Waals surface area contributed by atoms with Gasteiger partial charge in [0.25, 0.3) is 5.91 Å². The van der Waals surface area contributed by atoms with E-state index < -0.39 is 23.9 Å². The molecule has 4 amide bonds. The van der Waals surface area contributed by atoms with Gasteiger partial charge in [-0.1, -0.05) is 26.0 Å². The third kappa shape index (κ3) is 7.91. The zero-order valence-electron chi connectivity index (χ0n) is 22.6. The first-order valence-corrected chi connectivity index (χ1v) is 13.5. The molecule has 1 fully saturated rings. The van der Waals surface area contributed by atoms with Gasteiger partial charge in [0.1, 0.15) is 24.4 Å². The molecule has 11 heteroatoms. The largest absolute Gasteiger partial charge is 0.491 e. The number of fused-ring (bicyclic) bond motifs is 1. The van der Waals surface area contributed by atoms with Crippen LogP contribution in [-0.2, 0) is 14.4 Å². The standard InChI is InChI=1S/C27H41N5O6/c1-4-31-14-16-38-23-8-6-5-7-20(23)25(35)29-22(18-24(34)28-21(26(31)36)17-19(2)3)27(37)32-11-9-30(10-12-32)13-15-33/h5-8,19,21-22,33H,4,9-18H2,1-3H3,(H,28,34)(H,29,35)/t21-,22-/m0/s1. The molecule has 0 unspecified atom stereocenters. The number of β-amino-alcohol motifs (C(OH)–C–C–N with tert-alkyl or cyclic N) is 1. The molecule has 11 nitrogen and oxygen atoms in total. The third-order valence-corrected chi connectivity index (χ3v) is 6.88. The van der Waals surface area contributed by atoms with Crippen LogP contribution in [0.5, 0.6) is 5.75 Å². The van der Waals surface area contributed by atoms with Crippen molar-refractivity contribution in [1.82, 2.24) is 25.3 Å². The molecule has 1 aromatic rings. The minimum absolute atomic E-state index is 0.0417. The summed E-state index contributed by atoms with van der Waals surface area (Å²) in [5.41, 5.74) is 0.252. The van der Waals surface area contributed by atoms with Crippen LogP contribution in [0.1, 0.15) is 44.0 Å². The molecule has 2 atom stereocenters. The second kappa shape index (κ2) is 14.1. The summed E-state index contributed by atoms with van der Waals surface area (Å²) in [6.07, 6.45) is 0.154. The van der Waals surface area contributed by atoms with Crippen LogP contribution in [0.2, 0.25) is 0 Å². The van der Waals surface area contributed by atoms with Gasteiger partial charge in [0.2, 0.25) is 17.7 Å². The van der Waals surface area contributed by atoms with Gasteiger partial charge < -0.3 is 30.3 Å². The maximum atomic E-state index is 13.5. The summed E-state index contributed by atoms with van der Waals surface area (Å²) in [7, 11) is 0. The summed E-state index contributed by atoms with van der Waals surface area (Å²) >= 11 is 0. The van der Waals surface area contributed by atoms with Gasteiger partial charge in [0, 0.05) is 39.3 Å². The average molecular weight is 532 g/mol. The number of ether oxygens (including phenoxy) is 1. The molecular weight excluding hydrogens is 490 g/mol. The molecule has 0 radical (unpaired) electrons. The number of carbonyl (C=O) groups is 4. The van der Waals surface area contributed by atoms with Crippen molar-refractivity contribution in [3.05, 3.63) is 29.8 Å². The minimum atomic E-state index is -1.11. The summed E-state index contributed by atoms with van der Waals surface area (Å²) in [5.74, 6) is -1.04. The highest BCUT2D eigenvalue weighted by Crippen LogP contribution is 2.19. The number of rotatable bonds is 6. The van der Waals surface area contributed by atoms with Crippen LogP contribution in [-0.4, -0.2) is 115 Å². The van der Waals surface area contributed by atoms with Crippen molar-refractivity contribution in [3.63, 3.8) is 0 Å². The highest BCUT2D eigenvalue weighted by Gasteiger charge is 2.33. The second-order valence-electron chi connectivity index (χ2n) is 10.1. The van der Waals surface area contributed by atoms with Crippen molar-refractivity contribution in [2.24, 2.45) is 5.92 Å². The first kappa shape index (κ1) is 29.4. The van der Waals surface area contributed by atoms with Crippen molar-refractivity contribution in [2.45, 2.75) is 45.7 Å². The van der Waals surface area contributed by atoms with E-state index in [1.165, 1.54) is 0 Å². The molecule has 3 N–H and O–H groups in total. The van der Waals surface area contributed by atoms with Gasteiger partial charge in [-0.05, 0) is 31.4 Å². The lowest BCUT2D eigenvalue weighted by Gasteiger charge is -2.36. The number of benzene rings is 1. The van der Waals surface area contributed by atoms with E-state index in [9.17, 15) is 24.3 Å². The number of hydrogen-bond donors (Lipinski definition) is 3. The Morgan fingerprint density at radius 2 is 1.79 bits per heavy atom. The number of carbonyl (C=O) groups excluding carboxylic acids is 4. The van der Waals surface area contributed by atoms with E-state index in [0.29, 0.717) is 58.0 Å². The number of para-hydroxylation sites is 1. The fourth-order valence-electron chi connectivity index (χ4n) is 4.81. The molecule has 1 saturated heterocycles. The van der Waals surface area contributed by atoms with Crippen LogP contribution >= 0.6 is 0 Å². The van der Waals surface area contributed by atoms with E-state index >= 15 is 0 Å². The fraction of sp³-hybridized carbons (Fsp3) is 0.630. The topological polar surface area (TPSA) is 132 Å². The molecule has 2 aliphatic heterocycles. The van der Waals surface area contributed by atoms with Gasteiger partial charge in [0.15, 0.2) is 0 Å². The predicted octanol–water partition coefficient (Wildman–Crippen LogP) is 0.0834. The first-order valence-electron chi connectivity index (χ1n) is 13.5. The highest BCUT2D eigenvalue weighted by molar-refractivity contribution is 6.01. The Balaban J connectivity index is 1.89. The molecule has 2 aliphatic rings. The Kier molecular flexibility index (Phi) is 10.9. The van der Waals surface area contributed by atoms with Gasteiger partial charge >= 0.3 is 0 Å². The van der Waals surface area contributed by atoms with Crippen molar-refractivity contribution >= 4 is 23.6 Å². The molecule has 3 rings (SSSR count). The van der Waals surface area contributed by atoms with Crippen molar-refractivity contribution < 1.29 is 29.0 Å². The third-order valence-electron chi connectivity index (χ3n) is 6.88. The highest BCUT2D eigenvalue weighted by atomic mass is 16.5. The molecule has 2 heterocycles. The van der Waals surface area contributed by atoms with Crippen LogP contribution in [0.4, 0.5) is 0 Å². The van der Waals surface area contributed by atoms with Crippen LogP contribution in [0.25, 0.3) is 0 Å². The molecule has 0 aromatic heterocycles. The van der Waals surface area contributed by atoms with Crippen molar-refractivity contribution in [1.29, 1.82) is 0 Å². The lowest BCUT2D eigenvalue weighted by molar-refractivity contribution is -0.139. The van der Waals surface area contributed by atoms with Gasteiger partial charge in [-0.25, -0.2) is 0 Å². The molecule has 0 spiro atoms. The Morgan fingerprint density at radius 3 is 2.45 bits per heavy atom. The zero-order valence-corrected chi connectivity index (χ0v) is 22.6. The predicted molar refractivity (Wildman–Crippen MR) is 142 cm³/mol. The van der Waals surface area contributed by atoms with Crippen LogP contribution < -0.4 is 15.4 Å². The Bertz CT molecular complexity index is 978. The molecule has 1 aromatic carbocycles. The summed E-state index contributed by atoms with van der Waals surface area (Å²) in [6.45, 7) is 9.34. The number of aliphatic hydroxyl groups is 1. The molecule has 0 bridgehead atoms. The first-order chi connectivity index (χ1) is 18.2. The molecule has 0 saturated carbocycles. The molecule has 0 aliphatic carbocycles. The van der Waals surface area contributed by atoms with Crippen LogP contribution in [0, 0.1) is 5.92 Å². The summed E-state index contributed by atoms with van der Waals surface area (Å²) in [6, 6.07) is 4.87. The normalized spacial score (nSPS) is 22.3. The zero-order chi connectivity index (χ0) is 27.7. The van der Waals surface area contributed by atoms with Gasteiger partial charge in [0.05, 0.1) is 25.1 Å². The average Bonchev–Trinajstić information content (AvgIpc) is 2.89. The summed E-state index contributed by atoms with van der Waals surface area (Å²) in [5, 5.41) is 14.8. The number of amides is 4. The maximum Gasteiger partial charge on any atom is 0.255 e. The molecule has 210 valence electrons. The van der Waals surface area contributed by atoms with Crippen molar-refractivity contribution in [2.75, 3.05) is 59.0 Å². The number of aliphatic hydroxyl groups excluding tert-OH is 1. The summed E-state index contributed by atoms with van der Waals surface area (Å²) in [4.78, 5) is 58.7. The summed E-state index contributed by atoms with van der Waals surface area (Å²) < 4.78 is 5.90. The van der Waals surface area contributed by atoms with E-state index in [2.05, 4.69) is 15.5 Å². The number of hydrogen-bond acceptors (Lipinski definition) is 7. The lowest BCUT2D eigenvalue weighted by Crippen LogP contribution is -2.57.